The van der Waals surface area contributed by atoms with Crippen molar-refractivity contribution in [1.82, 2.24) is 20.6 Å². The van der Waals surface area contributed by atoms with Gasteiger partial charge in [0.05, 0.1) is 22.1 Å². The van der Waals surface area contributed by atoms with Crippen molar-refractivity contribution in [2.75, 3.05) is 13.1 Å². The summed E-state index contributed by atoms with van der Waals surface area (Å²) in [7, 11) is 0. The van der Waals surface area contributed by atoms with Crippen molar-refractivity contribution in [1.29, 1.82) is 0 Å². The van der Waals surface area contributed by atoms with Crippen LogP contribution in [-0.4, -0.2) is 23.1 Å². The molecule has 0 spiro atoms. The van der Waals surface area contributed by atoms with Crippen LogP contribution in [0, 0.1) is 0 Å². The minimum absolute atomic E-state index is 0.812. The first-order valence-electron chi connectivity index (χ1n) is 11.8. The minimum atomic E-state index is 0.812. The molecule has 4 nitrogen and oxygen atoms in total. The van der Waals surface area contributed by atoms with E-state index < -0.39 is 0 Å². The summed E-state index contributed by atoms with van der Waals surface area (Å²) in [5.41, 5.74) is 6.82. The van der Waals surface area contributed by atoms with Gasteiger partial charge in [-0.1, -0.05) is 72.8 Å². The summed E-state index contributed by atoms with van der Waals surface area (Å²) in [4.78, 5) is 9.67. The van der Waals surface area contributed by atoms with Gasteiger partial charge in [-0.3, -0.25) is 0 Å². The molecule has 34 heavy (non-hydrogen) atoms. The molecule has 0 amide bonds. The molecule has 0 aliphatic rings. The maximum Gasteiger partial charge on any atom is 0.0713 e. The van der Waals surface area contributed by atoms with Crippen LogP contribution in [0.1, 0.15) is 11.1 Å². The van der Waals surface area contributed by atoms with E-state index in [0.29, 0.717) is 0 Å². The fourth-order valence-corrected chi connectivity index (χ4v) is 4.84. The highest BCUT2D eigenvalue weighted by atomic mass is 14.9. The van der Waals surface area contributed by atoms with Gasteiger partial charge in [-0.2, -0.15) is 0 Å². The summed E-state index contributed by atoms with van der Waals surface area (Å²) in [6.07, 6.45) is 0. The summed E-state index contributed by atoms with van der Waals surface area (Å²) >= 11 is 0. The van der Waals surface area contributed by atoms with Crippen LogP contribution in [0.15, 0.2) is 97.1 Å². The third-order valence-electron chi connectivity index (χ3n) is 6.48. The van der Waals surface area contributed by atoms with Gasteiger partial charge in [0.15, 0.2) is 0 Å². The minimum Gasteiger partial charge on any atom is -0.311 e. The molecule has 0 saturated carbocycles. The van der Waals surface area contributed by atoms with E-state index in [1.165, 1.54) is 32.7 Å². The molecule has 0 aliphatic heterocycles. The quantitative estimate of drug-likeness (QED) is 0.236. The van der Waals surface area contributed by atoms with Crippen molar-refractivity contribution in [3.8, 4) is 0 Å². The largest absolute Gasteiger partial charge is 0.311 e. The van der Waals surface area contributed by atoms with E-state index in [0.717, 1.165) is 48.2 Å². The number of pyridine rings is 2. The zero-order valence-corrected chi connectivity index (χ0v) is 19.0. The Bertz CT molecular complexity index is 1390. The van der Waals surface area contributed by atoms with E-state index in [-0.39, 0.29) is 0 Å². The Balaban J connectivity index is 1.16. The van der Waals surface area contributed by atoms with Crippen molar-refractivity contribution in [3.05, 3.63) is 108 Å². The zero-order valence-electron chi connectivity index (χ0n) is 19.0. The van der Waals surface area contributed by atoms with Crippen molar-refractivity contribution in [2.45, 2.75) is 13.1 Å². The third-order valence-corrected chi connectivity index (χ3v) is 6.48. The second-order valence-electron chi connectivity index (χ2n) is 8.60. The summed E-state index contributed by atoms with van der Waals surface area (Å²) < 4.78 is 0. The molecule has 2 heterocycles. The van der Waals surface area contributed by atoms with E-state index in [2.05, 4.69) is 108 Å². The Morgan fingerprint density at radius 3 is 1.03 bits per heavy atom. The lowest BCUT2D eigenvalue weighted by atomic mass is 10.0. The second-order valence-corrected chi connectivity index (χ2v) is 8.60. The fraction of sp³-hybridized carbons (Fsp3) is 0.133. The lowest BCUT2D eigenvalue weighted by Gasteiger charge is -2.13. The van der Waals surface area contributed by atoms with Crippen molar-refractivity contribution in [3.63, 3.8) is 0 Å². The Labute approximate surface area is 198 Å². The molecule has 0 fully saturated rings. The molecule has 0 unspecified atom stereocenters. The fourth-order valence-electron chi connectivity index (χ4n) is 4.84. The third kappa shape index (κ3) is 3.87. The second kappa shape index (κ2) is 9.18. The number of nitrogens with zero attached hydrogens (tertiary/aromatic N) is 2. The molecule has 4 heteroatoms. The average Bonchev–Trinajstić information content (AvgIpc) is 2.89. The van der Waals surface area contributed by atoms with Gasteiger partial charge in [0.2, 0.25) is 0 Å². The van der Waals surface area contributed by atoms with Crippen molar-refractivity contribution in [2.24, 2.45) is 0 Å². The monoisotopic (exact) mass is 442 g/mol. The van der Waals surface area contributed by atoms with E-state index in [1.54, 1.807) is 0 Å². The molecular formula is C30H26N4. The Kier molecular flexibility index (Phi) is 5.60. The summed E-state index contributed by atoms with van der Waals surface area (Å²) in [6, 6.07) is 33.6. The molecule has 0 bridgehead atoms. The summed E-state index contributed by atoms with van der Waals surface area (Å²) in [6.45, 7) is 3.39. The number of benzene rings is 4. The van der Waals surface area contributed by atoms with Gasteiger partial charge >= 0.3 is 0 Å². The molecule has 2 N–H and O–H groups in total. The number of rotatable bonds is 7. The van der Waals surface area contributed by atoms with E-state index in [9.17, 15) is 0 Å². The number of fused-ring (bicyclic) bond motifs is 4. The Hall–Kier alpha value is -3.86. The zero-order chi connectivity index (χ0) is 22.7. The maximum absolute atomic E-state index is 4.83. The van der Waals surface area contributed by atoms with Gasteiger partial charge in [-0.25, -0.2) is 9.97 Å². The van der Waals surface area contributed by atoms with Gasteiger partial charge in [0, 0.05) is 47.7 Å². The van der Waals surface area contributed by atoms with Crippen LogP contribution in [0.5, 0.6) is 0 Å². The molecule has 4 aromatic carbocycles. The molecule has 166 valence electrons. The first-order valence-corrected chi connectivity index (χ1v) is 11.8. The van der Waals surface area contributed by atoms with Gasteiger partial charge in [0.1, 0.15) is 0 Å². The van der Waals surface area contributed by atoms with Crippen molar-refractivity contribution < 1.29 is 0 Å². The van der Waals surface area contributed by atoms with E-state index in [1.807, 2.05) is 0 Å². The first kappa shape index (κ1) is 20.7. The number of para-hydroxylation sites is 4. The van der Waals surface area contributed by atoms with Crippen LogP contribution in [-0.2, 0) is 13.1 Å². The van der Waals surface area contributed by atoms with Crippen LogP contribution in [0.25, 0.3) is 43.6 Å². The highest BCUT2D eigenvalue weighted by Gasteiger charge is 2.09. The molecule has 6 rings (SSSR count). The van der Waals surface area contributed by atoms with Crippen LogP contribution >= 0.6 is 0 Å². The predicted molar refractivity (Wildman–Crippen MR) is 142 cm³/mol. The molecule has 0 aliphatic carbocycles. The lowest BCUT2D eigenvalue weighted by molar-refractivity contribution is 0.615. The molecule has 0 radical (unpaired) electrons. The van der Waals surface area contributed by atoms with Gasteiger partial charge < -0.3 is 10.6 Å². The molecule has 0 atom stereocenters. The normalized spacial score (nSPS) is 11.6. The highest BCUT2D eigenvalue weighted by molar-refractivity contribution is 5.98. The van der Waals surface area contributed by atoms with Gasteiger partial charge in [-0.15, -0.1) is 0 Å². The first-order chi connectivity index (χ1) is 16.9. The summed E-state index contributed by atoms with van der Waals surface area (Å²) in [5, 5.41) is 12.2. The topological polar surface area (TPSA) is 49.8 Å². The highest BCUT2D eigenvalue weighted by Crippen LogP contribution is 2.27. The van der Waals surface area contributed by atoms with Crippen molar-refractivity contribution >= 4 is 43.6 Å². The maximum atomic E-state index is 4.83. The average molecular weight is 443 g/mol. The number of hydrogen-bond donors (Lipinski definition) is 2. The predicted octanol–water partition coefficient (Wildman–Crippen LogP) is 5.97. The van der Waals surface area contributed by atoms with Gasteiger partial charge in [-0.05, 0) is 35.4 Å². The van der Waals surface area contributed by atoms with Crippen LogP contribution in [0.4, 0.5) is 0 Å². The van der Waals surface area contributed by atoms with Gasteiger partial charge in [0.25, 0.3) is 0 Å². The Morgan fingerprint density at radius 1 is 0.412 bits per heavy atom. The molecule has 0 saturated heterocycles. The SMILES string of the molecule is c1ccc2c(CNCCNCc3c4ccccc4nc4ccccc34)c3ccccc3nc2c1. The molecular weight excluding hydrogens is 416 g/mol. The van der Waals surface area contributed by atoms with Crippen LogP contribution in [0.2, 0.25) is 0 Å². The number of hydrogen-bond acceptors (Lipinski definition) is 4. The number of aromatic nitrogens is 2. The molecule has 6 aromatic rings. The van der Waals surface area contributed by atoms with E-state index in [4.69, 9.17) is 9.97 Å². The molecule has 2 aromatic heterocycles. The standard InChI is InChI=1S/C30H26N4/c1-5-13-27-21(9-1)25(22-10-2-6-14-28(22)33-27)19-31-17-18-32-20-26-23-11-3-7-15-29(23)34-30-16-8-4-12-24(26)30/h1-16,31-32H,17-20H2. The smallest absolute Gasteiger partial charge is 0.0713 e. The lowest BCUT2D eigenvalue weighted by Crippen LogP contribution is -2.27. The number of nitrogens with one attached hydrogen (secondary N) is 2. The van der Waals surface area contributed by atoms with Crippen LogP contribution in [0.3, 0.4) is 0 Å². The van der Waals surface area contributed by atoms with Crippen LogP contribution < -0.4 is 10.6 Å². The summed E-state index contributed by atoms with van der Waals surface area (Å²) in [5.74, 6) is 0. The van der Waals surface area contributed by atoms with E-state index >= 15 is 0 Å². The Morgan fingerprint density at radius 2 is 0.706 bits per heavy atom.